The van der Waals surface area contributed by atoms with Crippen LogP contribution in [0.4, 0.5) is 0 Å². The van der Waals surface area contributed by atoms with Crippen LogP contribution in [0.25, 0.3) is 0 Å². The Morgan fingerprint density at radius 1 is 1.13 bits per heavy atom. The zero-order chi connectivity index (χ0) is 16.6. The topological polar surface area (TPSA) is 76.3 Å². The molecule has 1 atom stereocenters. The van der Waals surface area contributed by atoms with E-state index in [0.717, 1.165) is 16.8 Å². The van der Waals surface area contributed by atoms with Gasteiger partial charge in [-0.2, -0.15) is 0 Å². The predicted octanol–water partition coefficient (Wildman–Crippen LogP) is 1.75. The average Bonchev–Trinajstić information content (AvgIpc) is 2.53. The van der Waals surface area contributed by atoms with E-state index in [1.165, 1.54) is 0 Å². The number of rotatable bonds is 2. The largest absolute Gasteiger partial charge is 0.368 e. The fourth-order valence-corrected chi connectivity index (χ4v) is 3.06. The highest BCUT2D eigenvalue weighted by molar-refractivity contribution is 5.98. The Kier molecular flexibility index (Phi) is 3.86. The van der Waals surface area contributed by atoms with Crippen LogP contribution in [0.15, 0.2) is 36.4 Å². The Hall–Kier alpha value is -2.69. The molecule has 0 aliphatic carbocycles. The number of aryl methyl sites for hydroxylation is 2. The molecule has 0 fully saturated rings. The summed E-state index contributed by atoms with van der Waals surface area (Å²) in [5, 5.41) is 0. The number of fused-ring (bicyclic) bond motifs is 1. The van der Waals surface area contributed by atoms with Crippen molar-refractivity contribution in [3.8, 4) is 0 Å². The van der Waals surface area contributed by atoms with Gasteiger partial charge in [0.1, 0.15) is 6.04 Å². The van der Waals surface area contributed by atoms with Crippen molar-refractivity contribution in [2.24, 2.45) is 5.73 Å². The molecule has 0 radical (unpaired) electrons. The van der Waals surface area contributed by atoms with Crippen LogP contribution in [-0.4, -0.2) is 27.7 Å². The number of nitrogens with two attached hydrogens (primary N) is 1. The smallest absolute Gasteiger partial charge is 0.256 e. The lowest BCUT2D eigenvalue weighted by Crippen LogP contribution is -2.51. The monoisotopic (exact) mass is 309 g/mol. The summed E-state index contributed by atoms with van der Waals surface area (Å²) >= 11 is 0. The average molecular weight is 309 g/mol. The van der Waals surface area contributed by atoms with Gasteiger partial charge in [0.2, 0.25) is 5.91 Å². The van der Waals surface area contributed by atoms with Gasteiger partial charge in [0.15, 0.2) is 0 Å². The van der Waals surface area contributed by atoms with Crippen molar-refractivity contribution in [2.45, 2.75) is 32.9 Å². The van der Waals surface area contributed by atoms with Crippen molar-refractivity contribution in [1.29, 1.82) is 0 Å². The van der Waals surface area contributed by atoms with E-state index in [0.29, 0.717) is 24.2 Å². The minimum Gasteiger partial charge on any atom is -0.368 e. The number of nitrogens with zero attached hydrogens (tertiary/aromatic N) is 2. The number of amides is 2. The van der Waals surface area contributed by atoms with E-state index in [1.54, 1.807) is 24.0 Å². The number of primary amides is 1. The van der Waals surface area contributed by atoms with Crippen LogP contribution in [0.1, 0.15) is 32.9 Å². The molecule has 2 aromatic rings. The molecule has 1 aromatic heterocycles. The molecule has 0 unspecified atom stereocenters. The minimum absolute atomic E-state index is 0.201. The third-order valence-electron chi connectivity index (χ3n) is 4.29. The van der Waals surface area contributed by atoms with Gasteiger partial charge in [0.25, 0.3) is 5.91 Å². The molecule has 1 aromatic carbocycles. The van der Waals surface area contributed by atoms with Crippen LogP contribution in [-0.2, 0) is 17.8 Å². The van der Waals surface area contributed by atoms with Crippen molar-refractivity contribution in [3.63, 3.8) is 0 Å². The Morgan fingerprint density at radius 3 is 2.48 bits per heavy atom. The molecule has 0 saturated carbocycles. The van der Waals surface area contributed by atoms with Gasteiger partial charge in [0, 0.05) is 18.7 Å². The maximum Gasteiger partial charge on any atom is 0.256 e. The predicted molar refractivity (Wildman–Crippen MR) is 86.7 cm³/mol. The van der Waals surface area contributed by atoms with Crippen molar-refractivity contribution >= 4 is 11.8 Å². The second-order valence-corrected chi connectivity index (χ2v) is 5.91. The quantitative estimate of drug-likeness (QED) is 0.918. The number of carbonyl (C=O) groups excluding carboxylic acids is 2. The highest BCUT2D eigenvalue weighted by atomic mass is 16.2. The Balaban J connectivity index is 1.99. The minimum atomic E-state index is -0.627. The number of aromatic nitrogens is 1. The molecule has 118 valence electrons. The van der Waals surface area contributed by atoms with E-state index >= 15 is 0 Å². The molecule has 1 aliphatic heterocycles. The molecule has 2 N–H and O–H groups in total. The summed E-state index contributed by atoms with van der Waals surface area (Å²) in [7, 11) is 0. The number of carbonyl (C=O) groups is 2. The zero-order valence-corrected chi connectivity index (χ0v) is 13.2. The van der Waals surface area contributed by atoms with E-state index in [4.69, 9.17) is 5.73 Å². The summed E-state index contributed by atoms with van der Waals surface area (Å²) in [4.78, 5) is 30.7. The van der Waals surface area contributed by atoms with Crippen LogP contribution >= 0.6 is 0 Å². The van der Waals surface area contributed by atoms with Gasteiger partial charge < -0.3 is 10.6 Å². The highest BCUT2D eigenvalue weighted by Gasteiger charge is 2.34. The highest BCUT2D eigenvalue weighted by Crippen LogP contribution is 2.25. The first kappa shape index (κ1) is 15.2. The van der Waals surface area contributed by atoms with Gasteiger partial charge in [-0.25, -0.2) is 0 Å². The zero-order valence-electron chi connectivity index (χ0n) is 13.2. The Labute approximate surface area is 135 Å². The van der Waals surface area contributed by atoms with Crippen molar-refractivity contribution in [1.82, 2.24) is 9.88 Å². The molecule has 0 bridgehead atoms. The molecule has 3 rings (SSSR count). The third-order valence-corrected chi connectivity index (χ3v) is 4.29. The molecular formula is C18H19N3O2. The molecule has 5 heteroatoms. The first-order valence-corrected chi connectivity index (χ1v) is 7.58. The first-order valence-electron chi connectivity index (χ1n) is 7.58. The fraction of sp³-hybridized carbons (Fsp3) is 0.278. The molecule has 0 spiro atoms. The SMILES string of the molecule is Cc1ccc(C(=O)N2Cc3ccccc3C[C@H]2C(N)=O)c(C)n1. The van der Waals surface area contributed by atoms with E-state index in [-0.39, 0.29) is 5.91 Å². The molecule has 1 aliphatic rings. The summed E-state index contributed by atoms with van der Waals surface area (Å²) in [6, 6.07) is 10.8. The van der Waals surface area contributed by atoms with Crippen LogP contribution < -0.4 is 5.73 Å². The van der Waals surface area contributed by atoms with E-state index in [2.05, 4.69) is 4.98 Å². The van der Waals surface area contributed by atoms with E-state index in [9.17, 15) is 9.59 Å². The Bertz CT molecular complexity index is 786. The van der Waals surface area contributed by atoms with Gasteiger partial charge in [-0.05, 0) is 37.1 Å². The van der Waals surface area contributed by atoms with Crippen LogP contribution in [0.3, 0.4) is 0 Å². The normalized spacial score (nSPS) is 16.8. The number of hydrogen-bond acceptors (Lipinski definition) is 3. The first-order chi connectivity index (χ1) is 11.0. The van der Waals surface area contributed by atoms with Crippen LogP contribution in [0, 0.1) is 13.8 Å². The molecule has 23 heavy (non-hydrogen) atoms. The second-order valence-electron chi connectivity index (χ2n) is 5.91. The van der Waals surface area contributed by atoms with E-state index < -0.39 is 11.9 Å². The lowest BCUT2D eigenvalue weighted by Gasteiger charge is -2.35. The lowest BCUT2D eigenvalue weighted by molar-refractivity contribution is -0.122. The van der Waals surface area contributed by atoms with Gasteiger partial charge in [0.05, 0.1) is 11.3 Å². The molecular weight excluding hydrogens is 290 g/mol. The summed E-state index contributed by atoms with van der Waals surface area (Å²) in [6.07, 6.45) is 0.454. The fourth-order valence-electron chi connectivity index (χ4n) is 3.06. The lowest BCUT2D eigenvalue weighted by atomic mass is 9.93. The van der Waals surface area contributed by atoms with Gasteiger partial charge in [-0.15, -0.1) is 0 Å². The summed E-state index contributed by atoms with van der Waals surface area (Å²) in [6.45, 7) is 4.07. The summed E-state index contributed by atoms with van der Waals surface area (Å²) < 4.78 is 0. The number of hydrogen-bond donors (Lipinski definition) is 1. The second kappa shape index (κ2) is 5.83. The summed E-state index contributed by atoms with van der Waals surface area (Å²) in [5.74, 6) is -0.682. The number of pyridine rings is 1. The van der Waals surface area contributed by atoms with Crippen molar-refractivity contribution < 1.29 is 9.59 Å². The molecule has 0 saturated heterocycles. The van der Waals surface area contributed by atoms with Crippen molar-refractivity contribution in [2.75, 3.05) is 0 Å². The maximum atomic E-state index is 12.9. The molecule has 5 nitrogen and oxygen atoms in total. The maximum absolute atomic E-state index is 12.9. The molecule has 2 heterocycles. The Morgan fingerprint density at radius 2 is 1.83 bits per heavy atom. The van der Waals surface area contributed by atoms with Crippen LogP contribution in [0.5, 0.6) is 0 Å². The molecule has 2 amide bonds. The van der Waals surface area contributed by atoms with Crippen molar-refractivity contribution in [3.05, 3.63) is 64.5 Å². The van der Waals surface area contributed by atoms with Gasteiger partial charge in [-0.1, -0.05) is 24.3 Å². The van der Waals surface area contributed by atoms with E-state index in [1.807, 2.05) is 31.2 Å². The third kappa shape index (κ3) is 2.82. The standard InChI is InChI=1S/C18H19N3O2/c1-11-7-8-15(12(2)20-11)18(23)21-10-14-6-4-3-5-13(14)9-16(21)17(19)22/h3-8,16H,9-10H2,1-2H3,(H2,19,22)/t16-/m0/s1. The van der Waals surface area contributed by atoms with Crippen LogP contribution in [0.2, 0.25) is 0 Å². The summed E-state index contributed by atoms with van der Waals surface area (Å²) in [5.41, 5.74) is 9.70. The number of benzene rings is 1. The van der Waals surface area contributed by atoms with Gasteiger partial charge >= 0.3 is 0 Å². The van der Waals surface area contributed by atoms with Gasteiger partial charge in [-0.3, -0.25) is 14.6 Å².